The van der Waals surface area contributed by atoms with Crippen LogP contribution in [0.15, 0.2) is 60.8 Å². The molecule has 0 saturated carbocycles. The van der Waals surface area contributed by atoms with Crippen molar-refractivity contribution in [2.45, 2.75) is 20.4 Å². The molecular formula is C20H21N3O2. The number of nitrogens with one attached hydrogen (secondary N) is 1. The summed E-state index contributed by atoms with van der Waals surface area (Å²) in [4.78, 5) is 8.79. The summed E-state index contributed by atoms with van der Waals surface area (Å²) >= 11 is 0. The molecule has 2 heterocycles. The average molecular weight is 335 g/mol. The molecule has 0 aliphatic heterocycles. The normalized spacial score (nSPS) is 10.3. The van der Waals surface area contributed by atoms with Crippen molar-refractivity contribution in [2.75, 3.05) is 11.9 Å². The monoisotopic (exact) mass is 335 g/mol. The van der Waals surface area contributed by atoms with E-state index in [0.717, 1.165) is 17.1 Å². The van der Waals surface area contributed by atoms with E-state index < -0.39 is 0 Å². The first-order chi connectivity index (χ1) is 12.2. The second-order valence-corrected chi connectivity index (χ2v) is 5.50. The van der Waals surface area contributed by atoms with Gasteiger partial charge < -0.3 is 14.8 Å². The molecule has 3 aromatic rings. The van der Waals surface area contributed by atoms with Gasteiger partial charge in [0.1, 0.15) is 5.82 Å². The number of nitrogens with zero attached hydrogens (tertiary/aromatic N) is 2. The molecule has 2 aromatic heterocycles. The van der Waals surface area contributed by atoms with Crippen LogP contribution in [-0.2, 0) is 6.54 Å². The van der Waals surface area contributed by atoms with Crippen LogP contribution in [0.2, 0.25) is 0 Å². The summed E-state index contributed by atoms with van der Waals surface area (Å²) in [5, 5.41) is 3.28. The Balaban J connectivity index is 1.62. The first-order valence-corrected chi connectivity index (χ1v) is 8.27. The highest BCUT2D eigenvalue weighted by Crippen LogP contribution is 2.30. The zero-order valence-corrected chi connectivity index (χ0v) is 14.4. The van der Waals surface area contributed by atoms with E-state index in [2.05, 4.69) is 15.3 Å². The lowest BCUT2D eigenvalue weighted by atomic mass is 10.3. The molecule has 0 atom stereocenters. The van der Waals surface area contributed by atoms with Crippen LogP contribution in [-0.4, -0.2) is 16.6 Å². The molecule has 1 N–H and O–H groups in total. The van der Waals surface area contributed by atoms with Crippen molar-refractivity contribution in [1.29, 1.82) is 0 Å². The van der Waals surface area contributed by atoms with Gasteiger partial charge in [-0.15, -0.1) is 0 Å². The molecule has 5 heteroatoms. The molecule has 0 saturated heterocycles. The molecule has 1 aromatic carbocycles. The largest absolute Gasteiger partial charge is 0.490 e. The maximum Gasteiger partial charge on any atom is 0.219 e. The topological polar surface area (TPSA) is 56.3 Å². The molecule has 0 aliphatic rings. The Kier molecular flexibility index (Phi) is 5.46. The fourth-order valence-electron chi connectivity index (χ4n) is 2.33. The van der Waals surface area contributed by atoms with E-state index in [-0.39, 0.29) is 0 Å². The number of aromatic nitrogens is 2. The molecule has 0 bridgehead atoms. The Labute approximate surface area is 147 Å². The van der Waals surface area contributed by atoms with Gasteiger partial charge >= 0.3 is 0 Å². The molecule has 0 spiro atoms. The number of para-hydroxylation sites is 2. The second-order valence-electron chi connectivity index (χ2n) is 5.50. The van der Waals surface area contributed by atoms with Crippen LogP contribution in [0.5, 0.6) is 17.4 Å². The van der Waals surface area contributed by atoms with Gasteiger partial charge in [-0.05, 0) is 43.7 Å². The summed E-state index contributed by atoms with van der Waals surface area (Å²) in [5.74, 6) is 2.75. The molecule has 3 rings (SSSR count). The van der Waals surface area contributed by atoms with Crippen molar-refractivity contribution < 1.29 is 9.47 Å². The fourth-order valence-corrected chi connectivity index (χ4v) is 2.33. The van der Waals surface area contributed by atoms with Crippen LogP contribution in [0.3, 0.4) is 0 Å². The van der Waals surface area contributed by atoms with Gasteiger partial charge in [0.2, 0.25) is 5.88 Å². The van der Waals surface area contributed by atoms with Crippen LogP contribution in [0.4, 0.5) is 5.82 Å². The fraction of sp³-hybridized carbons (Fsp3) is 0.200. The van der Waals surface area contributed by atoms with Crippen molar-refractivity contribution in [1.82, 2.24) is 9.97 Å². The van der Waals surface area contributed by atoms with E-state index >= 15 is 0 Å². The summed E-state index contributed by atoms with van der Waals surface area (Å²) in [6.07, 6.45) is 1.79. The minimum Gasteiger partial charge on any atom is -0.490 e. The van der Waals surface area contributed by atoms with Gasteiger partial charge in [0, 0.05) is 24.5 Å². The second kappa shape index (κ2) is 8.15. The minimum absolute atomic E-state index is 0.532. The highest BCUT2D eigenvalue weighted by atomic mass is 16.5. The van der Waals surface area contributed by atoms with Gasteiger partial charge in [0.25, 0.3) is 0 Å². The number of pyridine rings is 2. The third kappa shape index (κ3) is 4.70. The first kappa shape index (κ1) is 16.8. The molecule has 0 amide bonds. The smallest absolute Gasteiger partial charge is 0.219 e. The van der Waals surface area contributed by atoms with Gasteiger partial charge in [-0.2, -0.15) is 0 Å². The third-order valence-corrected chi connectivity index (χ3v) is 3.52. The lowest BCUT2D eigenvalue weighted by Gasteiger charge is -2.11. The van der Waals surface area contributed by atoms with Crippen molar-refractivity contribution in [3.63, 3.8) is 0 Å². The van der Waals surface area contributed by atoms with Crippen LogP contribution < -0.4 is 14.8 Å². The number of rotatable bonds is 7. The van der Waals surface area contributed by atoms with E-state index in [1.54, 1.807) is 6.20 Å². The lowest BCUT2D eigenvalue weighted by Crippen LogP contribution is -2.02. The number of aryl methyl sites for hydroxylation is 1. The molecule has 128 valence electrons. The first-order valence-electron chi connectivity index (χ1n) is 8.27. The van der Waals surface area contributed by atoms with E-state index in [1.807, 2.05) is 68.4 Å². The van der Waals surface area contributed by atoms with Gasteiger partial charge in [0.15, 0.2) is 11.5 Å². The van der Waals surface area contributed by atoms with Crippen molar-refractivity contribution in [2.24, 2.45) is 0 Å². The van der Waals surface area contributed by atoms with Gasteiger partial charge in [-0.25, -0.2) is 9.97 Å². The van der Waals surface area contributed by atoms with E-state index in [1.165, 1.54) is 0 Å². The Morgan fingerprint density at radius 1 is 0.960 bits per heavy atom. The van der Waals surface area contributed by atoms with E-state index in [4.69, 9.17) is 9.47 Å². The number of hydrogen-bond acceptors (Lipinski definition) is 5. The summed E-state index contributed by atoms with van der Waals surface area (Å²) in [6, 6.07) is 17.3. The Hall–Kier alpha value is -3.08. The molecule has 25 heavy (non-hydrogen) atoms. The molecule has 5 nitrogen and oxygen atoms in total. The zero-order valence-electron chi connectivity index (χ0n) is 14.4. The maximum absolute atomic E-state index is 5.83. The Bertz CT molecular complexity index is 819. The molecule has 0 radical (unpaired) electrons. The summed E-state index contributed by atoms with van der Waals surface area (Å²) < 4.78 is 11.4. The van der Waals surface area contributed by atoms with Gasteiger partial charge in [-0.3, -0.25) is 0 Å². The maximum atomic E-state index is 5.83. The number of benzene rings is 1. The van der Waals surface area contributed by atoms with E-state index in [0.29, 0.717) is 30.5 Å². The molecule has 0 unspecified atom stereocenters. The van der Waals surface area contributed by atoms with Crippen LogP contribution in [0.1, 0.15) is 18.2 Å². The average Bonchev–Trinajstić information content (AvgIpc) is 2.63. The zero-order chi connectivity index (χ0) is 17.5. The SMILES string of the molecule is CCOc1ccccc1Oc1ccc(CNc2cccc(C)n2)cn1. The summed E-state index contributed by atoms with van der Waals surface area (Å²) in [5.41, 5.74) is 2.04. The van der Waals surface area contributed by atoms with Crippen LogP contribution >= 0.6 is 0 Å². The van der Waals surface area contributed by atoms with Crippen LogP contribution in [0, 0.1) is 6.92 Å². The third-order valence-electron chi connectivity index (χ3n) is 3.52. The van der Waals surface area contributed by atoms with Gasteiger partial charge in [-0.1, -0.05) is 24.3 Å². The standard InChI is InChI=1S/C20H21N3O2/c1-3-24-17-8-4-5-9-18(17)25-20-12-11-16(14-22-20)13-21-19-10-6-7-15(2)23-19/h4-12,14H,3,13H2,1-2H3,(H,21,23). The molecule has 0 aliphatic carbocycles. The van der Waals surface area contributed by atoms with Crippen molar-refractivity contribution in [3.8, 4) is 17.4 Å². The van der Waals surface area contributed by atoms with E-state index in [9.17, 15) is 0 Å². The van der Waals surface area contributed by atoms with Crippen LogP contribution in [0.25, 0.3) is 0 Å². The number of hydrogen-bond donors (Lipinski definition) is 1. The van der Waals surface area contributed by atoms with Crippen molar-refractivity contribution in [3.05, 3.63) is 72.1 Å². The quantitative estimate of drug-likeness (QED) is 0.684. The Morgan fingerprint density at radius 3 is 2.52 bits per heavy atom. The predicted octanol–water partition coefficient (Wildman–Crippen LogP) is 4.59. The molecular weight excluding hydrogens is 314 g/mol. The predicted molar refractivity (Wildman–Crippen MR) is 98.2 cm³/mol. The molecule has 0 fully saturated rings. The van der Waals surface area contributed by atoms with Gasteiger partial charge in [0.05, 0.1) is 6.61 Å². The summed E-state index contributed by atoms with van der Waals surface area (Å²) in [7, 11) is 0. The summed E-state index contributed by atoms with van der Waals surface area (Å²) in [6.45, 7) is 5.16. The highest BCUT2D eigenvalue weighted by molar-refractivity contribution is 5.42. The lowest BCUT2D eigenvalue weighted by molar-refractivity contribution is 0.319. The highest BCUT2D eigenvalue weighted by Gasteiger charge is 2.06. The number of ether oxygens (including phenoxy) is 2. The minimum atomic E-state index is 0.532. The number of anilines is 1. The Morgan fingerprint density at radius 2 is 1.80 bits per heavy atom. The van der Waals surface area contributed by atoms with Crippen molar-refractivity contribution >= 4 is 5.82 Å².